The van der Waals surface area contributed by atoms with Crippen LogP contribution in [0.4, 0.5) is 0 Å². The van der Waals surface area contributed by atoms with E-state index in [1.807, 2.05) is 17.9 Å². The van der Waals surface area contributed by atoms with Crippen molar-refractivity contribution in [1.29, 1.82) is 0 Å². The molecule has 0 N–H and O–H groups in total. The summed E-state index contributed by atoms with van der Waals surface area (Å²) in [6.45, 7) is 8.12. The van der Waals surface area contributed by atoms with Gasteiger partial charge < -0.3 is 0 Å². The SMILES string of the molecule is C[C@@H]1CN(Cc2ccccc2)CCCN1CCc1cnn(C)c1. The van der Waals surface area contributed by atoms with Gasteiger partial charge in [-0.3, -0.25) is 14.5 Å². The molecule has 0 radical (unpaired) electrons. The van der Waals surface area contributed by atoms with E-state index in [4.69, 9.17) is 0 Å². The molecule has 1 fully saturated rings. The van der Waals surface area contributed by atoms with E-state index >= 15 is 0 Å². The van der Waals surface area contributed by atoms with Gasteiger partial charge in [0.2, 0.25) is 0 Å². The summed E-state index contributed by atoms with van der Waals surface area (Å²) in [5.41, 5.74) is 2.76. The molecule has 0 saturated carbocycles. The lowest BCUT2D eigenvalue weighted by Gasteiger charge is -2.28. The van der Waals surface area contributed by atoms with Crippen molar-refractivity contribution in [3.05, 3.63) is 53.9 Å². The maximum Gasteiger partial charge on any atom is 0.0522 e. The molecule has 3 rings (SSSR count). The van der Waals surface area contributed by atoms with Gasteiger partial charge in [-0.15, -0.1) is 0 Å². The summed E-state index contributed by atoms with van der Waals surface area (Å²) in [7, 11) is 1.99. The Balaban J connectivity index is 1.52. The van der Waals surface area contributed by atoms with Crippen LogP contribution >= 0.6 is 0 Å². The van der Waals surface area contributed by atoms with Crippen molar-refractivity contribution >= 4 is 0 Å². The third kappa shape index (κ3) is 4.66. The fourth-order valence-corrected chi connectivity index (χ4v) is 3.49. The molecule has 0 spiro atoms. The minimum Gasteiger partial charge on any atom is -0.299 e. The Hall–Kier alpha value is -1.65. The molecule has 0 amide bonds. The Bertz CT molecular complexity index is 592. The first-order valence-electron chi connectivity index (χ1n) is 8.68. The van der Waals surface area contributed by atoms with Gasteiger partial charge in [0.1, 0.15) is 0 Å². The quantitative estimate of drug-likeness (QED) is 0.848. The van der Waals surface area contributed by atoms with Crippen LogP contribution in [0.5, 0.6) is 0 Å². The van der Waals surface area contributed by atoms with Crippen molar-refractivity contribution in [2.45, 2.75) is 32.4 Å². The third-order valence-corrected chi connectivity index (χ3v) is 4.76. The normalized spacial score (nSPS) is 20.5. The predicted molar refractivity (Wildman–Crippen MR) is 94.3 cm³/mol. The second kappa shape index (κ2) is 7.75. The van der Waals surface area contributed by atoms with E-state index in [0.717, 1.165) is 26.1 Å². The first-order chi connectivity index (χ1) is 11.2. The van der Waals surface area contributed by atoms with Crippen molar-refractivity contribution < 1.29 is 0 Å². The number of aryl methyl sites for hydroxylation is 1. The van der Waals surface area contributed by atoms with Gasteiger partial charge in [0.25, 0.3) is 0 Å². The molecular formula is C19H28N4. The zero-order valence-corrected chi connectivity index (χ0v) is 14.4. The molecule has 2 aromatic rings. The van der Waals surface area contributed by atoms with E-state index in [9.17, 15) is 0 Å². The first-order valence-corrected chi connectivity index (χ1v) is 8.68. The van der Waals surface area contributed by atoms with Gasteiger partial charge in [-0.05, 0) is 44.0 Å². The Morgan fingerprint density at radius 3 is 2.70 bits per heavy atom. The number of hydrogen-bond acceptors (Lipinski definition) is 3. The van der Waals surface area contributed by atoms with Crippen LogP contribution in [0.1, 0.15) is 24.5 Å². The molecule has 0 aliphatic carbocycles. The van der Waals surface area contributed by atoms with Crippen molar-refractivity contribution in [1.82, 2.24) is 19.6 Å². The van der Waals surface area contributed by atoms with E-state index in [2.05, 4.69) is 58.4 Å². The minimum absolute atomic E-state index is 0.609. The third-order valence-electron chi connectivity index (χ3n) is 4.76. The molecule has 23 heavy (non-hydrogen) atoms. The highest BCUT2D eigenvalue weighted by atomic mass is 15.2. The van der Waals surface area contributed by atoms with Crippen molar-refractivity contribution in [3.63, 3.8) is 0 Å². The summed E-state index contributed by atoms with van der Waals surface area (Å²) >= 11 is 0. The number of hydrogen-bond donors (Lipinski definition) is 0. The zero-order valence-electron chi connectivity index (χ0n) is 14.4. The molecule has 2 heterocycles. The van der Waals surface area contributed by atoms with Crippen LogP contribution in [-0.4, -0.2) is 51.8 Å². The van der Waals surface area contributed by atoms with Crippen LogP contribution in [0.25, 0.3) is 0 Å². The zero-order chi connectivity index (χ0) is 16.1. The summed E-state index contributed by atoms with van der Waals surface area (Å²) in [6, 6.07) is 11.4. The summed E-state index contributed by atoms with van der Waals surface area (Å²) in [5.74, 6) is 0. The molecule has 1 atom stereocenters. The number of nitrogens with zero attached hydrogens (tertiary/aromatic N) is 4. The minimum atomic E-state index is 0.609. The average Bonchev–Trinajstić information content (AvgIpc) is 2.88. The van der Waals surface area contributed by atoms with Crippen LogP contribution in [0.15, 0.2) is 42.7 Å². The standard InChI is InChI=1S/C19H28N4/c1-17-14-22(16-18-7-4-3-5-8-18)10-6-11-23(17)12-9-19-13-20-21(2)15-19/h3-5,7-8,13,15,17H,6,9-12,14,16H2,1-2H3/t17-/m1/s1. The van der Waals surface area contributed by atoms with Crippen LogP contribution in [0.2, 0.25) is 0 Å². The van der Waals surface area contributed by atoms with Gasteiger partial charge in [0, 0.05) is 38.9 Å². The van der Waals surface area contributed by atoms with Crippen LogP contribution in [0.3, 0.4) is 0 Å². The largest absolute Gasteiger partial charge is 0.299 e. The predicted octanol–water partition coefficient (Wildman–Crippen LogP) is 2.56. The molecular weight excluding hydrogens is 284 g/mol. The Morgan fingerprint density at radius 2 is 1.96 bits per heavy atom. The maximum absolute atomic E-state index is 4.27. The lowest BCUT2D eigenvalue weighted by Crippen LogP contribution is -2.39. The molecule has 1 aromatic heterocycles. The topological polar surface area (TPSA) is 24.3 Å². The summed E-state index contributed by atoms with van der Waals surface area (Å²) in [4.78, 5) is 5.24. The highest BCUT2D eigenvalue weighted by Crippen LogP contribution is 2.14. The summed E-state index contributed by atoms with van der Waals surface area (Å²) < 4.78 is 1.89. The van der Waals surface area contributed by atoms with Crippen molar-refractivity contribution in [2.24, 2.45) is 7.05 Å². The molecule has 1 aliphatic heterocycles. The molecule has 0 bridgehead atoms. The molecule has 1 aliphatic rings. The number of benzene rings is 1. The van der Waals surface area contributed by atoms with Gasteiger partial charge >= 0.3 is 0 Å². The van der Waals surface area contributed by atoms with E-state index in [0.29, 0.717) is 6.04 Å². The summed E-state index contributed by atoms with van der Waals surface area (Å²) in [6.07, 6.45) is 6.47. The van der Waals surface area contributed by atoms with Gasteiger partial charge in [-0.2, -0.15) is 5.10 Å². The summed E-state index contributed by atoms with van der Waals surface area (Å²) in [5, 5.41) is 4.27. The lowest BCUT2D eigenvalue weighted by molar-refractivity contribution is 0.189. The molecule has 0 unspecified atom stereocenters. The van der Waals surface area contributed by atoms with E-state index in [1.54, 1.807) is 0 Å². The number of rotatable bonds is 5. The molecule has 124 valence electrons. The van der Waals surface area contributed by atoms with Crippen LogP contribution < -0.4 is 0 Å². The Kier molecular flexibility index (Phi) is 5.47. The lowest BCUT2D eigenvalue weighted by atomic mass is 10.2. The first kappa shape index (κ1) is 16.2. The molecule has 4 heteroatoms. The van der Waals surface area contributed by atoms with Gasteiger partial charge in [-0.1, -0.05) is 30.3 Å². The maximum atomic E-state index is 4.27. The highest BCUT2D eigenvalue weighted by Gasteiger charge is 2.21. The van der Waals surface area contributed by atoms with Gasteiger partial charge in [-0.25, -0.2) is 0 Å². The second-order valence-corrected chi connectivity index (χ2v) is 6.73. The van der Waals surface area contributed by atoms with Crippen LogP contribution in [-0.2, 0) is 20.0 Å². The molecule has 1 aromatic carbocycles. The molecule has 4 nitrogen and oxygen atoms in total. The smallest absolute Gasteiger partial charge is 0.0522 e. The Labute approximate surface area is 139 Å². The average molecular weight is 312 g/mol. The number of aromatic nitrogens is 2. The Morgan fingerprint density at radius 1 is 1.13 bits per heavy atom. The van der Waals surface area contributed by atoms with Gasteiger partial charge in [0.05, 0.1) is 6.20 Å². The van der Waals surface area contributed by atoms with E-state index in [-0.39, 0.29) is 0 Å². The molecule has 1 saturated heterocycles. The van der Waals surface area contributed by atoms with Crippen LogP contribution in [0, 0.1) is 0 Å². The van der Waals surface area contributed by atoms with E-state index < -0.39 is 0 Å². The van der Waals surface area contributed by atoms with Gasteiger partial charge in [0.15, 0.2) is 0 Å². The highest BCUT2D eigenvalue weighted by molar-refractivity contribution is 5.14. The fraction of sp³-hybridized carbons (Fsp3) is 0.526. The monoisotopic (exact) mass is 312 g/mol. The van der Waals surface area contributed by atoms with Crippen molar-refractivity contribution in [2.75, 3.05) is 26.2 Å². The van der Waals surface area contributed by atoms with Crippen molar-refractivity contribution in [3.8, 4) is 0 Å². The van der Waals surface area contributed by atoms with E-state index in [1.165, 1.54) is 30.6 Å². The fourth-order valence-electron chi connectivity index (χ4n) is 3.49. The second-order valence-electron chi connectivity index (χ2n) is 6.73.